The summed E-state index contributed by atoms with van der Waals surface area (Å²) in [6.07, 6.45) is 0. The average Bonchev–Trinajstić information content (AvgIpc) is 2.33. The molecule has 0 bridgehead atoms. The van der Waals surface area contributed by atoms with Gasteiger partial charge in [0.1, 0.15) is 5.75 Å². The van der Waals surface area contributed by atoms with Crippen molar-refractivity contribution in [3.8, 4) is 5.75 Å². The monoisotopic (exact) mass is 252 g/mol. The summed E-state index contributed by atoms with van der Waals surface area (Å²) in [6, 6.07) is 4.52. The minimum Gasteiger partial charge on any atom is -0.496 e. The molecule has 1 heterocycles. The number of benzene rings is 1. The van der Waals surface area contributed by atoms with Gasteiger partial charge in [-0.25, -0.2) is 0 Å². The average molecular weight is 252 g/mol. The number of nitrogens with zero attached hydrogens (tertiary/aromatic N) is 1. The van der Waals surface area contributed by atoms with Crippen molar-refractivity contribution in [2.75, 3.05) is 20.2 Å². The van der Waals surface area contributed by atoms with Gasteiger partial charge < -0.3 is 14.8 Å². The lowest BCUT2D eigenvalue weighted by atomic mass is 10.00. The fourth-order valence-corrected chi connectivity index (χ4v) is 1.82. The third kappa shape index (κ3) is 2.60. The Morgan fingerprint density at radius 2 is 2.22 bits per heavy atom. The van der Waals surface area contributed by atoms with E-state index in [-0.39, 0.29) is 11.3 Å². The molecule has 0 aliphatic carbocycles. The van der Waals surface area contributed by atoms with Crippen LogP contribution >= 0.6 is 0 Å². The van der Waals surface area contributed by atoms with Crippen molar-refractivity contribution < 1.29 is 14.4 Å². The van der Waals surface area contributed by atoms with Gasteiger partial charge in [0.15, 0.2) is 0 Å². The first-order valence-electron chi connectivity index (χ1n) is 5.70. The molecule has 0 atom stereocenters. The summed E-state index contributed by atoms with van der Waals surface area (Å²) in [7, 11) is 1.54. The molecule has 1 N–H and O–H groups in total. The normalized spacial score (nSPS) is 17.0. The lowest BCUT2D eigenvalue weighted by Crippen LogP contribution is -2.58. The Hall–Kier alpha value is -1.66. The Morgan fingerprint density at radius 3 is 2.72 bits per heavy atom. The number of non-ortho nitro benzene ring substituents is 1. The van der Waals surface area contributed by atoms with Crippen molar-refractivity contribution in [3.05, 3.63) is 33.9 Å². The third-order valence-corrected chi connectivity index (χ3v) is 3.05. The van der Waals surface area contributed by atoms with Gasteiger partial charge in [-0.15, -0.1) is 0 Å². The van der Waals surface area contributed by atoms with Gasteiger partial charge in [0.05, 0.1) is 24.2 Å². The van der Waals surface area contributed by atoms with Crippen molar-refractivity contribution in [2.45, 2.75) is 19.1 Å². The molecule has 1 aromatic rings. The van der Waals surface area contributed by atoms with Gasteiger partial charge >= 0.3 is 0 Å². The van der Waals surface area contributed by atoms with Crippen LogP contribution in [-0.4, -0.2) is 30.7 Å². The number of rotatable bonds is 5. The highest BCUT2D eigenvalue weighted by Crippen LogP contribution is 2.27. The maximum atomic E-state index is 10.7. The van der Waals surface area contributed by atoms with Crippen molar-refractivity contribution in [3.63, 3.8) is 0 Å². The minimum atomic E-state index is -0.421. The topological polar surface area (TPSA) is 73.6 Å². The van der Waals surface area contributed by atoms with Gasteiger partial charge in [0.25, 0.3) is 5.69 Å². The van der Waals surface area contributed by atoms with Crippen molar-refractivity contribution in [1.29, 1.82) is 0 Å². The van der Waals surface area contributed by atoms with E-state index in [0.29, 0.717) is 17.9 Å². The number of methoxy groups -OCH3 is 1. The molecular weight excluding hydrogens is 236 g/mol. The molecule has 0 spiro atoms. The maximum absolute atomic E-state index is 10.7. The number of nitro groups is 1. The molecule has 98 valence electrons. The van der Waals surface area contributed by atoms with Crippen LogP contribution in [0.1, 0.15) is 12.5 Å². The summed E-state index contributed by atoms with van der Waals surface area (Å²) in [5.74, 6) is 0.608. The van der Waals surface area contributed by atoms with E-state index in [0.717, 1.165) is 13.1 Å². The molecule has 0 radical (unpaired) electrons. The molecule has 1 aromatic carbocycles. The lowest BCUT2D eigenvalue weighted by molar-refractivity contribution is -0.385. The SMILES string of the molecule is COc1ccc([N+](=O)[O-])cc1COC1(C)CNC1. The molecule has 2 rings (SSSR count). The van der Waals surface area contributed by atoms with Crippen LogP contribution in [-0.2, 0) is 11.3 Å². The minimum absolute atomic E-state index is 0.0475. The quantitative estimate of drug-likeness (QED) is 0.634. The van der Waals surface area contributed by atoms with Gasteiger partial charge in [-0.3, -0.25) is 10.1 Å². The molecule has 0 unspecified atom stereocenters. The summed E-state index contributed by atoms with van der Waals surface area (Å²) in [6.45, 7) is 3.91. The summed E-state index contributed by atoms with van der Waals surface area (Å²) < 4.78 is 10.9. The second-order valence-corrected chi connectivity index (χ2v) is 4.60. The third-order valence-electron chi connectivity index (χ3n) is 3.05. The largest absolute Gasteiger partial charge is 0.496 e. The van der Waals surface area contributed by atoms with Crippen LogP contribution in [0.5, 0.6) is 5.75 Å². The fourth-order valence-electron chi connectivity index (χ4n) is 1.82. The Labute approximate surface area is 105 Å². The van der Waals surface area contributed by atoms with Crippen molar-refractivity contribution >= 4 is 5.69 Å². The van der Waals surface area contributed by atoms with E-state index < -0.39 is 4.92 Å². The molecule has 6 heteroatoms. The smallest absolute Gasteiger partial charge is 0.270 e. The standard InChI is InChI=1S/C12H16N2O4/c1-12(7-13-8-12)18-6-9-5-10(14(15)16)3-4-11(9)17-2/h3-5,13H,6-8H2,1-2H3. The van der Waals surface area contributed by atoms with Gasteiger partial charge in [0.2, 0.25) is 0 Å². The van der Waals surface area contributed by atoms with E-state index in [1.807, 2.05) is 6.92 Å². The lowest BCUT2D eigenvalue weighted by Gasteiger charge is -2.39. The summed E-state index contributed by atoms with van der Waals surface area (Å²) >= 11 is 0. The van der Waals surface area contributed by atoms with Crippen LogP contribution in [0.25, 0.3) is 0 Å². The van der Waals surface area contributed by atoms with Crippen LogP contribution in [0.2, 0.25) is 0 Å². The highest BCUT2D eigenvalue weighted by Gasteiger charge is 2.32. The summed E-state index contributed by atoms with van der Waals surface area (Å²) in [5.41, 5.74) is 0.557. The Morgan fingerprint density at radius 1 is 1.50 bits per heavy atom. The second-order valence-electron chi connectivity index (χ2n) is 4.60. The second kappa shape index (κ2) is 4.91. The number of hydrogen-bond acceptors (Lipinski definition) is 5. The van der Waals surface area contributed by atoms with E-state index >= 15 is 0 Å². The van der Waals surface area contributed by atoms with Gasteiger partial charge in [-0.05, 0) is 13.0 Å². The number of hydrogen-bond donors (Lipinski definition) is 1. The molecule has 6 nitrogen and oxygen atoms in total. The summed E-state index contributed by atoms with van der Waals surface area (Å²) in [5, 5.41) is 13.9. The van der Waals surface area contributed by atoms with E-state index in [4.69, 9.17) is 9.47 Å². The zero-order valence-electron chi connectivity index (χ0n) is 10.4. The van der Waals surface area contributed by atoms with Crippen molar-refractivity contribution in [1.82, 2.24) is 5.32 Å². The number of ether oxygens (including phenoxy) is 2. The van der Waals surface area contributed by atoms with Gasteiger partial charge in [-0.2, -0.15) is 0 Å². The van der Waals surface area contributed by atoms with Crippen molar-refractivity contribution in [2.24, 2.45) is 0 Å². The molecule has 0 saturated carbocycles. The zero-order valence-corrected chi connectivity index (χ0v) is 10.4. The first-order chi connectivity index (χ1) is 8.54. The van der Waals surface area contributed by atoms with Crippen LogP contribution in [0.15, 0.2) is 18.2 Å². The predicted molar refractivity (Wildman–Crippen MR) is 65.7 cm³/mol. The van der Waals surface area contributed by atoms with E-state index in [9.17, 15) is 10.1 Å². The molecular formula is C12H16N2O4. The highest BCUT2D eigenvalue weighted by molar-refractivity contribution is 5.43. The van der Waals surface area contributed by atoms with E-state index in [1.165, 1.54) is 19.2 Å². The maximum Gasteiger partial charge on any atom is 0.270 e. The zero-order chi connectivity index (χ0) is 13.2. The predicted octanol–water partition coefficient (Wildman–Crippen LogP) is 1.48. The molecule has 1 saturated heterocycles. The molecule has 1 aliphatic heterocycles. The first kappa shape index (κ1) is 12.8. The molecule has 1 aliphatic rings. The molecule has 0 amide bonds. The highest BCUT2D eigenvalue weighted by atomic mass is 16.6. The van der Waals surface area contributed by atoms with E-state index in [1.54, 1.807) is 6.07 Å². The van der Waals surface area contributed by atoms with Gasteiger partial charge in [0, 0.05) is 30.8 Å². The fraction of sp³-hybridized carbons (Fsp3) is 0.500. The Balaban J connectivity index is 2.13. The molecule has 18 heavy (non-hydrogen) atoms. The Kier molecular flexibility index (Phi) is 3.49. The van der Waals surface area contributed by atoms with Crippen LogP contribution in [0, 0.1) is 10.1 Å². The van der Waals surface area contributed by atoms with Crippen LogP contribution in [0.4, 0.5) is 5.69 Å². The van der Waals surface area contributed by atoms with Crippen LogP contribution in [0.3, 0.4) is 0 Å². The first-order valence-corrected chi connectivity index (χ1v) is 5.70. The van der Waals surface area contributed by atoms with Gasteiger partial charge in [-0.1, -0.05) is 0 Å². The Bertz CT molecular complexity index is 457. The number of nitrogens with one attached hydrogen (secondary N) is 1. The number of nitro benzene ring substituents is 1. The molecule has 1 fully saturated rings. The van der Waals surface area contributed by atoms with Crippen LogP contribution < -0.4 is 10.1 Å². The summed E-state index contributed by atoms with van der Waals surface area (Å²) in [4.78, 5) is 10.3. The van der Waals surface area contributed by atoms with E-state index in [2.05, 4.69) is 5.32 Å². The molecule has 0 aromatic heterocycles.